The van der Waals surface area contributed by atoms with E-state index in [1.165, 1.54) is 12.1 Å². The van der Waals surface area contributed by atoms with Gasteiger partial charge in [-0.2, -0.15) is 5.10 Å². The first-order valence-electron chi connectivity index (χ1n) is 6.12. The third kappa shape index (κ3) is 2.84. The second-order valence-corrected chi connectivity index (χ2v) is 4.63. The summed E-state index contributed by atoms with van der Waals surface area (Å²) in [5, 5.41) is 6.79. The maximum atomic E-state index is 13.0. The molecule has 20 heavy (non-hydrogen) atoms. The molecule has 2 aromatic rings. The number of carbonyl (C=O) groups is 1. The first-order valence-corrected chi connectivity index (χ1v) is 6.12. The molecular weight excluding hydrogens is 264 g/mol. The molecule has 0 saturated heterocycles. The molecule has 0 aliphatic rings. The topological polar surface area (TPSA) is 46.9 Å². The van der Waals surface area contributed by atoms with Crippen LogP contribution in [0.2, 0.25) is 0 Å². The average molecular weight is 279 g/mol. The smallest absolute Gasteiger partial charge is 0.255 e. The number of nitrogens with one attached hydrogen (secondary N) is 1. The molecule has 0 saturated carbocycles. The number of hydrogen-bond acceptors (Lipinski definition) is 2. The standard InChI is InChI=1S/C14H15F2N3O/c1-8-13(9(2)19(3)18-8)14(20)17-7-10-4-11(15)6-12(16)5-10/h4-6H,7H2,1-3H3,(H,17,20). The van der Waals surface area contributed by atoms with Crippen molar-refractivity contribution in [2.24, 2.45) is 7.05 Å². The van der Waals surface area contributed by atoms with Crippen molar-refractivity contribution in [3.8, 4) is 0 Å². The van der Waals surface area contributed by atoms with Crippen LogP contribution in [0.15, 0.2) is 18.2 Å². The van der Waals surface area contributed by atoms with Crippen LogP contribution in [0.1, 0.15) is 27.3 Å². The molecule has 106 valence electrons. The Bertz CT molecular complexity index is 644. The van der Waals surface area contributed by atoms with Crippen LogP contribution in [-0.2, 0) is 13.6 Å². The number of hydrogen-bond donors (Lipinski definition) is 1. The van der Waals surface area contributed by atoms with E-state index in [4.69, 9.17) is 0 Å². The van der Waals surface area contributed by atoms with Gasteiger partial charge in [0.1, 0.15) is 11.6 Å². The van der Waals surface area contributed by atoms with Crippen molar-refractivity contribution < 1.29 is 13.6 Å². The highest BCUT2D eigenvalue weighted by molar-refractivity contribution is 5.96. The number of rotatable bonds is 3. The Labute approximate surface area is 115 Å². The van der Waals surface area contributed by atoms with Crippen LogP contribution in [0.5, 0.6) is 0 Å². The number of carbonyl (C=O) groups excluding carboxylic acids is 1. The largest absolute Gasteiger partial charge is 0.348 e. The number of nitrogens with zero attached hydrogens (tertiary/aromatic N) is 2. The molecule has 0 bridgehead atoms. The van der Waals surface area contributed by atoms with Gasteiger partial charge in [-0.15, -0.1) is 0 Å². The molecule has 0 spiro atoms. The number of benzene rings is 1. The van der Waals surface area contributed by atoms with Crippen molar-refractivity contribution in [1.29, 1.82) is 0 Å². The van der Waals surface area contributed by atoms with Gasteiger partial charge in [0, 0.05) is 25.4 Å². The van der Waals surface area contributed by atoms with Crippen LogP contribution in [0.4, 0.5) is 8.78 Å². The molecule has 0 fully saturated rings. The summed E-state index contributed by atoms with van der Waals surface area (Å²) in [6.07, 6.45) is 0. The molecule has 1 N–H and O–H groups in total. The van der Waals surface area contributed by atoms with Crippen molar-refractivity contribution in [2.75, 3.05) is 0 Å². The van der Waals surface area contributed by atoms with E-state index >= 15 is 0 Å². The van der Waals surface area contributed by atoms with Crippen molar-refractivity contribution in [3.05, 3.63) is 52.3 Å². The Hall–Kier alpha value is -2.24. The molecule has 0 unspecified atom stereocenters. The normalized spacial score (nSPS) is 10.7. The van der Waals surface area contributed by atoms with Gasteiger partial charge in [0.15, 0.2) is 0 Å². The fourth-order valence-electron chi connectivity index (χ4n) is 2.09. The lowest BCUT2D eigenvalue weighted by Gasteiger charge is -2.06. The third-order valence-electron chi connectivity index (χ3n) is 3.11. The lowest BCUT2D eigenvalue weighted by molar-refractivity contribution is 0.0949. The predicted octanol–water partition coefficient (Wildman–Crippen LogP) is 2.25. The molecular formula is C14H15F2N3O. The van der Waals surface area contributed by atoms with Crippen molar-refractivity contribution in [3.63, 3.8) is 0 Å². The zero-order valence-electron chi connectivity index (χ0n) is 11.5. The highest BCUT2D eigenvalue weighted by Crippen LogP contribution is 2.12. The van der Waals surface area contributed by atoms with Gasteiger partial charge in [-0.3, -0.25) is 9.48 Å². The Kier molecular flexibility index (Phi) is 3.83. The van der Waals surface area contributed by atoms with E-state index in [0.717, 1.165) is 11.8 Å². The van der Waals surface area contributed by atoms with E-state index in [1.807, 2.05) is 0 Å². The molecule has 0 aliphatic heterocycles. The van der Waals surface area contributed by atoms with E-state index in [1.54, 1.807) is 25.6 Å². The number of halogens is 2. The van der Waals surface area contributed by atoms with E-state index in [9.17, 15) is 13.6 Å². The van der Waals surface area contributed by atoms with Gasteiger partial charge >= 0.3 is 0 Å². The maximum Gasteiger partial charge on any atom is 0.255 e. The molecule has 1 aromatic heterocycles. The Morgan fingerprint density at radius 1 is 1.25 bits per heavy atom. The summed E-state index contributed by atoms with van der Waals surface area (Å²) >= 11 is 0. The molecule has 1 amide bonds. The van der Waals surface area contributed by atoms with Gasteiger partial charge in [-0.05, 0) is 31.5 Å². The third-order valence-corrected chi connectivity index (χ3v) is 3.11. The van der Waals surface area contributed by atoms with Gasteiger partial charge < -0.3 is 5.32 Å². The summed E-state index contributed by atoms with van der Waals surface area (Å²) in [6.45, 7) is 3.59. The van der Waals surface area contributed by atoms with E-state index in [-0.39, 0.29) is 12.5 Å². The van der Waals surface area contributed by atoms with E-state index < -0.39 is 11.6 Å². The second kappa shape index (κ2) is 5.40. The predicted molar refractivity (Wildman–Crippen MR) is 70.2 cm³/mol. The van der Waals surface area contributed by atoms with Crippen LogP contribution in [-0.4, -0.2) is 15.7 Å². The summed E-state index contributed by atoms with van der Waals surface area (Å²) in [6, 6.07) is 3.17. The molecule has 1 aromatic carbocycles. The van der Waals surface area contributed by atoms with Crippen LogP contribution in [0.3, 0.4) is 0 Å². The van der Waals surface area contributed by atoms with Crippen molar-refractivity contribution in [1.82, 2.24) is 15.1 Å². The Morgan fingerprint density at radius 2 is 1.85 bits per heavy atom. The highest BCUT2D eigenvalue weighted by Gasteiger charge is 2.16. The second-order valence-electron chi connectivity index (χ2n) is 4.63. The average Bonchev–Trinajstić information content (AvgIpc) is 2.59. The van der Waals surface area contributed by atoms with Crippen LogP contribution in [0.25, 0.3) is 0 Å². The highest BCUT2D eigenvalue weighted by atomic mass is 19.1. The summed E-state index contributed by atoms with van der Waals surface area (Å²) in [5.74, 6) is -1.64. The molecule has 0 radical (unpaired) electrons. The van der Waals surface area contributed by atoms with Crippen LogP contribution < -0.4 is 5.32 Å². The fraction of sp³-hybridized carbons (Fsp3) is 0.286. The monoisotopic (exact) mass is 279 g/mol. The minimum absolute atomic E-state index is 0.0568. The van der Waals surface area contributed by atoms with E-state index in [2.05, 4.69) is 10.4 Å². The minimum Gasteiger partial charge on any atom is -0.348 e. The molecule has 1 heterocycles. The molecule has 2 rings (SSSR count). The lowest BCUT2D eigenvalue weighted by Crippen LogP contribution is -2.24. The quantitative estimate of drug-likeness (QED) is 0.936. The van der Waals surface area contributed by atoms with Crippen molar-refractivity contribution in [2.45, 2.75) is 20.4 Å². The molecule has 6 heteroatoms. The summed E-state index contributed by atoms with van der Waals surface area (Å²) in [5.41, 5.74) is 2.22. The first kappa shape index (κ1) is 14.2. The maximum absolute atomic E-state index is 13.0. The van der Waals surface area contributed by atoms with Gasteiger partial charge in [0.2, 0.25) is 0 Å². The van der Waals surface area contributed by atoms with Gasteiger partial charge in [0.05, 0.1) is 11.3 Å². The number of aryl methyl sites for hydroxylation is 2. The molecule has 0 atom stereocenters. The Balaban J connectivity index is 2.12. The molecule has 0 aliphatic carbocycles. The zero-order chi connectivity index (χ0) is 14.9. The lowest BCUT2D eigenvalue weighted by atomic mass is 10.1. The van der Waals surface area contributed by atoms with Crippen LogP contribution >= 0.6 is 0 Å². The number of amides is 1. The van der Waals surface area contributed by atoms with Crippen molar-refractivity contribution >= 4 is 5.91 Å². The Morgan fingerprint density at radius 3 is 2.35 bits per heavy atom. The van der Waals surface area contributed by atoms with Crippen LogP contribution in [0, 0.1) is 25.5 Å². The molecule has 4 nitrogen and oxygen atoms in total. The summed E-state index contributed by atoms with van der Waals surface area (Å²) in [4.78, 5) is 12.1. The van der Waals surface area contributed by atoms with Gasteiger partial charge in [-0.1, -0.05) is 0 Å². The van der Waals surface area contributed by atoms with E-state index in [0.29, 0.717) is 16.8 Å². The minimum atomic E-state index is -0.664. The SMILES string of the molecule is Cc1nn(C)c(C)c1C(=O)NCc1cc(F)cc(F)c1. The number of aromatic nitrogens is 2. The fourth-order valence-corrected chi connectivity index (χ4v) is 2.09. The first-order chi connectivity index (χ1) is 9.38. The summed E-state index contributed by atoms with van der Waals surface area (Å²) < 4.78 is 27.7. The zero-order valence-corrected chi connectivity index (χ0v) is 11.5. The van der Waals surface area contributed by atoms with Gasteiger partial charge in [-0.25, -0.2) is 8.78 Å². The van der Waals surface area contributed by atoms with Gasteiger partial charge in [0.25, 0.3) is 5.91 Å². The summed E-state index contributed by atoms with van der Waals surface area (Å²) in [7, 11) is 1.75.